The number of aryl methyl sites for hydroxylation is 3. The summed E-state index contributed by atoms with van der Waals surface area (Å²) in [5, 5.41) is 3.92. The predicted octanol–water partition coefficient (Wildman–Crippen LogP) is 2.33. The SMILES string of the molecule is Cl.NC1(c2noc(CCS(=O)(=O)c3ccc4c(c3)CCC4)n2)CCC1. The van der Waals surface area contributed by atoms with Crippen LogP contribution in [0.4, 0.5) is 0 Å². The van der Waals surface area contributed by atoms with Crippen molar-refractivity contribution in [1.82, 2.24) is 10.1 Å². The maximum atomic E-state index is 12.6. The Morgan fingerprint density at radius 1 is 1.16 bits per heavy atom. The van der Waals surface area contributed by atoms with E-state index in [0.717, 1.165) is 44.1 Å². The Morgan fingerprint density at radius 2 is 1.92 bits per heavy atom. The lowest BCUT2D eigenvalue weighted by molar-refractivity contribution is 0.229. The molecule has 1 aromatic heterocycles. The van der Waals surface area contributed by atoms with Gasteiger partial charge in [-0.3, -0.25) is 0 Å². The van der Waals surface area contributed by atoms with Gasteiger partial charge >= 0.3 is 0 Å². The van der Waals surface area contributed by atoms with Gasteiger partial charge in [-0.05, 0) is 61.8 Å². The third-order valence-corrected chi connectivity index (χ3v) is 6.89. The highest BCUT2D eigenvalue weighted by Gasteiger charge is 2.39. The molecule has 0 amide bonds. The molecule has 0 unspecified atom stereocenters. The lowest BCUT2D eigenvalue weighted by Gasteiger charge is -2.34. The van der Waals surface area contributed by atoms with Crippen molar-refractivity contribution in [2.24, 2.45) is 5.73 Å². The third-order valence-electron chi connectivity index (χ3n) is 5.17. The van der Waals surface area contributed by atoms with E-state index in [0.29, 0.717) is 16.6 Å². The second kappa shape index (κ2) is 6.70. The molecule has 1 aromatic carbocycles. The summed E-state index contributed by atoms with van der Waals surface area (Å²) in [6, 6.07) is 5.47. The molecule has 2 N–H and O–H groups in total. The number of hydrogen-bond acceptors (Lipinski definition) is 6. The van der Waals surface area contributed by atoms with Crippen LogP contribution in [-0.4, -0.2) is 24.3 Å². The number of nitrogens with zero attached hydrogens (tertiary/aromatic N) is 2. The molecule has 1 saturated carbocycles. The molecular weight excluding hydrogens is 362 g/mol. The topological polar surface area (TPSA) is 99.1 Å². The standard InChI is InChI=1S/C17H21N3O3S.ClH/c18-17(8-2-9-17)16-19-15(23-20-16)7-10-24(21,22)14-6-5-12-3-1-4-13(12)11-14;/h5-6,11H,1-4,7-10,18H2;1H. The highest BCUT2D eigenvalue weighted by molar-refractivity contribution is 7.91. The Bertz CT molecular complexity index is 875. The van der Waals surface area contributed by atoms with E-state index in [-0.39, 0.29) is 24.6 Å². The maximum Gasteiger partial charge on any atom is 0.227 e. The zero-order valence-electron chi connectivity index (χ0n) is 13.9. The van der Waals surface area contributed by atoms with Crippen molar-refractivity contribution < 1.29 is 12.9 Å². The monoisotopic (exact) mass is 383 g/mol. The van der Waals surface area contributed by atoms with Gasteiger partial charge < -0.3 is 10.3 Å². The van der Waals surface area contributed by atoms with Crippen molar-refractivity contribution in [3.05, 3.63) is 41.0 Å². The Morgan fingerprint density at radius 3 is 2.64 bits per heavy atom. The molecule has 2 aliphatic carbocycles. The minimum atomic E-state index is -3.36. The predicted molar refractivity (Wildman–Crippen MR) is 95.5 cm³/mol. The van der Waals surface area contributed by atoms with Crippen LogP contribution in [-0.2, 0) is 34.6 Å². The quantitative estimate of drug-likeness (QED) is 0.850. The van der Waals surface area contributed by atoms with Gasteiger partial charge in [0.1, 0.15) is 0 Å². The summed E-state index contributed by atoms with van der Waals surface area (Å²) >= 11 is 0. The van der Waals surface area contributed by atoms with Crippen LogP contribution in [0.5, 0.6) is 0 Å². The fourth-order valence-corrected chi connectivity index (χ4v) is 4.70. The number of sulfone groups is 1. The van der Waals surface area contributed by atoms with Gasteiger partial charge in [-0.1, -0.05) is 11.2 Å². The molecule has 0 aliphatic heterocycles. The van der Waals surface area contributed by atoms with Crippen molar-refractivity contribution in [3.8, 4) is 0 Å². The fourth-order valence-electron chi connectivity index (χ4n) is 3.42. The van der Waals surface area contributed by atoms with Crippen LogP contribution in [0, 0.1) is 0 Å². The second-order valence-corrected chi connectivity index (χ2v) is 8.98. The first kappa shape index (κ1) is 18.4. The number of benzene rings is 1. The molecule has 6 nitrogen and oxygen atoms in total. The number of rotatable bonds is 5. The first-order valence-electron chi connectivity index (χ1n) is 8.43. The number of aromatic nitrogens is 2. The zero-order chi connectivity index (χ0) is 16.8. The molecule has 2 aromatic rings. The van der Waals surface area contributed by atoms with E-state index in [2.05, 4.69) is 10.1 Å². The minimum absolute atomic E-state index is 0. The van der Waals surface area contributed by atoms with Crippen LogP contribution in [0.1, 0.15) is 48.5 Å². The first-order valence-corrected chi connectivity index (χ1v) is 10.1. The molecule has 2 aliphatic rings. The second-order valence-electron chi connectivity index (χ2n) is 6.87. The first-order chi connectivity index (χ1) is 11.5. The summed E-state index contributed by atoms with van der Waals surface area (Å²) in [6.45, 7) is 0. The Hall–Kier alpha value is -1.44. The normalized spacial score (nSPS) is 18.3. The smallest absolute Gasteiger partial charge is 0.227 e. The van der Waals surface area contributed by atoms with E-state index in [9.17, 15) is 8.42 Å². The molecule has 0 saturated heterocycles. The van der Waals surface area contributed by atoms with E-state index in [4.69, 9.17) is 10.3 Å². The van der Waals surface area contributed by atoms with Crippen LogP contribution in [0.25, 0.3) is 0 Å². The Balaban J connectivity index is 0.00000182. The van der Waals surface area contributed by atoms with Crippen LogP contribution in [0.15, 0.2) is 27.6 Å². The zero-order valence-corrected chi connectivity index (χ0v) is 15.5. The largest absolute Gasteiger partial charge is 0.339 e. The number of hydrogen-bond donors (Lipinski definition) is 1. The van der Waals surface area contributed by atoms with Gasteiger partial charge in [0.2, 0.25) is 5.89 Å². The van der Waals surface area contributed by atoms with Crippen molar-refractivity contribution in [3.63, 3.8) is 0 Å². The van der Waals surface area contributed by atoms with E-state index in [1.807, 2.05) is 12.1 Å². The summed E-state index contributed by atoms with van der Waals surface area (Å²) < 4.78 is 30.3. The molecular formula is C17H22ClN3O3S. The molecule has 8 heteroatoms. The average molecular weight is 384 g/mol. The van der Waals surface area contributed by atoms with E-state index >= 15 is 0 Å². The van der Waals surface area contributed by atoms with Crippen LogP contribution in [0.2, 0.25) is 0 Å². The van der Waals surface area contributed by atoms with Crippen molar-refractivity contribution in [1.29, 1.82) is 0 Å². The maximum absolute atomic E-state index is 12.6. The summed E-state index contributed by atoms with van der Waals surface area (Å²) in [7, 11) is -3.36. The third kappa shape index (κ3) is 3.45. The van der Waals surface area contributed by atoms with Gasteiger partial charge in [0.15, 0.2) is 15.7 Å². The molecule has 1 fully saturated rings. The van der Waals surface area contributed by atoms with Gasteiger partial charge in [-0.2, -0.15) is 4.98 Å². The summed E-state index contributed by atoms with van der Waals surface area (Å²) in [6.07, 6.45) is 6.07. The minimum Gasteiger partial charge on any atom is -0.339 e. The van der Waals surface area contributed by atoms with E-state index in [1.165, 1.54) is 5.56 Å². The Kier molecular flexibility index (Phi) is 4.92. The van der Waals surface area contributed by atoms with Crippen LogP contribution >= 0.6 is 12.4 Å². The van der Waals surface area contributed by atoms with Gasteiger partial charge in [0.25, 0.3) is 0 Å². The lowest BCUT2D eigenvalue weighted by Crippen LogP contribution is -2.44. The number of nitrogens with two attached hydrogens (primary N) is 1. The molecule has 0 bridgehead atoms. The summed E-state index contributed by atoms with van der Waals surface area (Å²) in [4.78, 5) is 4.68. The molecule has 0 spiro atoms. The molecule has 25 heavy (non-hydrogen) atoms. The van der Waals surface area contributed by atoms with Gasteiger partial charge in [-0.15, -0.1) is 12.4 Å². The van der Waals surface area contributed by atoms with E-state index in [1.54, 1.807) is 6.07 Å². The van der Waals surface area contributed by atoms with Crippen molar-refractivity contribution in [2.75, 3.05) is 5.75 Å². The van der Waals surface area contributed by atoms with Crippen LogP contribution < -0.4 is 5.73 Å². The Labute approximate surface area is 153 Å². The molecule has 0 atom stereocenters. The number of fused-ring (bicyclic) bond motifs is 1. The molecule has 136 valence electrons. The van der Waals surface area contributed by atoms with E-state index < -0.39 is 15.4 Å². The average Bonchev–Trinajstić information content (AvgIpc) is 3.19. The van der Waals surface area contributed by atoms with Crippen molar-refractivity contribution >= 4 is 22.2 Å². The summed E-state index contributed by atoms with van der Waals surface area (Å²) in [5.41, 5.74) is 8.10. The molecule has 4 rings (SSSR count). The van der Waals surface area contributed by atoms with Crippen molar-refractivity contribution in [2.45, 2.75) is 55.4 Å². The number of halogens is 1. The molecule has 1 heterocycles. The van der Waals surface area contributed by atoms with Gasteiger partial charge in [-0.25, -0.2) is 8.42 Å². The lowest BCUT2D eigenvalue weighted by atomic mass is 9.77. The highest BCUT2D eigenvalue weighted by atomic mass is 35.5. The summed E-state index contributed by atoms with van der Waals surface area (Å²) in [5.74, 6) is 0.801. The molecule has 0 radical (unpaired) electrons. The van der Waals surface area contributed by atoms with Gasteiger partial charge in [0, 0.05) is 6.42 Å². The fraction of sp³-hybridized carbons (Fsp3) is 0.529. The highest BCUT2D eigenvalue weighted by Crippen LogP contribution is 2.36. The van der Waals surface area contributed by atoms with Gasteiger partial charge in [0.05, 0.1) is 16.2 Å². The van der Waals surface area contributed by atoms with Crippen LogP contribution in [0.3, 0.4) is 0 Å².